The van der Waals surface area contributed by atoms with Crippen LogP contribution in [0.2, 0.25) is 0 Å². The van der Waals surface area contributed by atoms with Gasteiger partial charge in [0, 0.05) is 5.92 Å². The molecule has 34 valence electrons. The number of nitrogens with zero attached hydrogens (tertiary/aromatic N) is 1. The number of hydrogen-bond donors (Lipinski definition) is 1. The van der Waals surface area contributed by atoms with E-state index >= 15 is 0 Å². The van der Waals surface area contributed by atoms with Gasteiger partial charge in [-0.25, -0.2) is 0 Å². The smallest absolute Gasteiger partial charge is 0.145 e. The van der Waals surface area contributed by atoms with Gasteiger partial charge in [0.05, 0.1) is 0 Å². The summed E-state index contributed by atoms with van der Waals surface area (Å²) in [5.41, 5.74) is 2.78. The molecule has 0 aromatic carbocycles. The minimum Gasteiger partial charge on any atom is -0.261 e. The van der Waals surface area contributed by atoms with Crippen LogP contribution in [0.15, 0.2) is 5.10 Å². The maximum Gasteiger partial charge on any atom is 0.145 e. The van der Waals surface area contributed by atoms with Gasteiger partial charge in [0.2, 0.25) is 0 Å². The Bertz CT molecular complexity index is 83.5. The number of hydrogen-bond acceptors (Lipinski definition) is 2. The summed E-state index contributed by atoms with van der Waals surface area (Å²) in [4.78, 5) is 0. The molecular formula is C4H8N2. The van der Waals surface area contributed by atoms with Gasteiger partial charge in [-0.2, -0.15) is 5.10 Å². The van der Waals surface area contributed by atoms with E-state index in [1.54, 1.807) is 0 Å². The Balaban J connectivity index is 2.31. The molecule has 1 N–H and O–H groups in total. The quantitative estimate of drug-likeness (QED) is 0.495. The summed E-state index contributed by atoms with van der Waals surface area (Å²) in [6.07, 6.45) is 0. The van der Waals surface area contributed by atoms with E-state index in [9.17, 15) is 0 Å². The normalized spacial score (nSPS) is 16.8. The zero-order valence-corrected chi connectivity index (χ0v) is 4.02. The van der Waals surface area contributed by atoms with E-state index in [0.29, 0.717) is 5.92 Å². The standard InChI is InChI=1S/C4H8N2/c1-3(2)4-5-6-4/h3H,1-2H3,(H,5,6). The molecule has 0 radical (unpaired) electrons. The zero-order chi connectivity index (χ0) is 4.57. The van der Waals surface area contributed by atoms with Crippen LogP contribution >= 0.6 is 0 Å². The molecule has 1 heterocycles. The van der Waals surface area contributed by atoms with Crippen LogP contribution in [0.5, 0.6) is 0 Å². The summed E-state index contributed by atoms with van der Waals surface area (Å²) in [5, 5.41) is 3.77. The van der Waals surface area contributed by atoms with E-state index in [0.717, 1.165) is 5.84 Å². The molecule has 2 heteroatoms. The summed E-state index contributed by atoms with van der Waals surface area (Å²) in [6, 6.07) is 0. The minimum absolute atomic E-state index is 0.602. The van der Waals surface area contributed by atoms with E-state index in [2.05, 4.69) is 24.4 Å². The molecule has 6 heavy (non-hydrogen) atoms. The molecule has 0 aromatic heterocycles. The predicted octanol–water partition coefficient (Wildman–Crippen LogP) is 0.559. The Morgan fingerprint density at radius 1 is 1.67 bits per heavy atom. The number of amidine groups is 1. The molecule has 0 saturated heterocycles. The third-order valence-corrected chi connectivity index (χ3v) is 0.788. The molecule has 0 spiro atoms. The summed E-state index contributed by atoms with van der Waals surface area (Å²) >= 11 is 0. The van der Waals surface area contributed by atoms with Gasteiger partial charge in [0.1, 0.15) is 5.84 Å². The van der Waals surface area contributed by atoms with Crippen LogP contribution in [0, 0.1) is 5.92 Å². The van der Waals surface area contributed by atoms with Crippen molar-refractivity contribution < 1.29 is 0 Å². The average molecular weight is 84.1 g/mol. The Morgan fingerprint density at radius 3 is 2.17 bits per heavy atom. The first kappa shape index (κ1) is 3.65. The Hall–Kier alpha value is -0.530. The van der Waals surface area contributed by atoms with Crippen LogP contribution in [0.3, 0.4) is 0 Å². The first-order valence-corrected chi connectivity index (χ1v) is 2.14. The van der Waals surface area contributed by atoms with Gasteiger partial charge >= 0.3 is 0 Å². The van der Waals surface area contributed by atoms with Crippen LogP contribution in [0.1, 0.15) is 13.8 Å². The Kier molecular flexibility index (Phi) is 0.587. The van der Waals surface area contributed by atoms with Gasteiger partial charge in [-0.3, -0.25) is 5.43 Å². The third-order valence-electron chi connectivity index (χ3n) is 0.788. The van der Waals surface area contributed by atoms with Crippen LogP contribution in [-0.4, -0.2) is 5.84 Å². The molecule has 0 saturated carbocycles. The van der Waals surface area contributed by atoms with Crippen LogP contribution in [0.25, 0.3) is 0 Å². The van der Waals surface area contributed by atoms with Crippen molar-refractivity contribution in [1.82, 2.24) is 5.43 Å². The molecule has 0 atom stereocenters. The molecule has 1 aliphatic heterocycles. The van der Waals surface area contributed by atoms with Crippen molar-refractivity contribution in [3.63, 3.8) is 0 Å². The molecule has 0 aliphatic carbocycles. The summed E-state index contributed by atoms with van der Waals surface area (Å²) in [7, 11) is 0. The monoisotopic (exact) mass is 84.1 g/mol. The lowest BCUT2D eigenvalue weighted by Crippen LogP contribution is -2.00. The van der Waals surface area contributed by atoms with Crippen molar-refractivity contribution in [1.29, 1.82) is 0 Å². The lowest BCUT2D eigenvalue weighted by molar-refractivity contribution is 0.892. The highest BCUT2D eigenvalue weighted by molar-refractivity contribution is 5.92. The zero-order valence-electron chi connectivity index (χ0n) is 4.02. The maximum atomic E-state index is 3.77. The fourth-order valence-corrected chi connectivity index (χ4v) is 0.290. The highest BCUT2D eigenvalue weighted by Crippen LogP contribution is 2.00. The average Bonchev–Trinajstić information content (AvgIpc) is 2.06. The topological polar surface area (TPSA) is 34.3 Å². The molecule has 0 fully saturated rings. The highest BCUT2D eigenvalue weighted by Gasteiger charge is 2.11. The van der Waals surface area contributed by atoms with E-state index in [4.69, 9.17) is 0 Å². The van der Waals surface area contributed by atoms with Gasteiger partial charge in [-0.15, -0.1) is 0 Å². The van der Waals surface area contributed by atoms with Gasteiger partial charge in [0.15, 0.2) is 0 Å². The van der Waals surface area contributed by atoms with Crippen molar-refractivity contribution in [3.8, 4) is 0 Å². The molecular weight excluding hydrogens is 76.1 g/mol. The lowest BCUT2D eigenvalue weighted by atomic mass is 10.2. The second-order valence-corrected chi connectivity index (χ2v) is 1.76. The molecule has 0 amide bonds. The van der Waals surface area contributed by atoms with Crippen LogP contribution in [0.4, 0.5) is 0 Å². The van der Waals surface area contributed by atoms with E-state index in [1.165, 1.54) is 0 Å². The van der Waals surface area contributed by atoms with Crippen LogP contribution in [-0.2, 0) is 0 Å². The second-order valence-electron chi connectivity index (χ2n) is 1.76. The van der Waals surface area contributed by atoms with Crippen molar-refractivity contribution in [2.75, 3.05) is 0 Å². The van der Waals surface area contributed by atoms with Gasteiger partial charge in [-0.1, -0.05) is 13.8 Å². The van der Waals surface area contributed by atoms with Crippen molar-refractivity contribution in [2.24, 2.45) is 11.0 Å². The van der Waals surface area contributed by atoms with Crippen molar-refractivity contribution in [2.45, 2.75) is 13.8 Å². The third kappa shape index (κ3) is 0.506. The Morgan fingerprint density at radius 2 is 2.17 bits per heavy atom. The summed E-state index contributed by atoms with van der Waals surface area (Å²) in [6.45, 7) is 4.22. The molecule has 0 bridgehead atoms. The van der Waals surface area contributed by atoms with Gasteiger partial charge < -0.3 is 0 Å². The SMILES string of the molecule is CC(C)C1=NN1. The number of hydrazone groups is 1. The fraction of sp³-hybridized carbons (Fsp3) is 0.750. The van der Waals surface area contributed by atoms with Crippen molar-refractivity contribution in [3.05, 3.63) is 0 Å². The molecule has 1 aliphatic rings. The van der Waals surface area contributed by atoms with Gasteiger partial charge in [0.25, 0.3) is 0 Å². The van der Waals surface area contributed by atoms with Crippen LogP contribution < -0.4 is 5.43 Å². The fourth-order valence-electron chi connectivity index (χ4n) is 0.290. The largest absolute Gasteiger partial charge is 0.261 e. The van der Waals surface area contributed by atoms with Gasteiger partial charge in [-0.05, 0) is 0 Å². The first-order chi connectivity index (χ1) is 2.80. The maximum absolute atomic E-state index is 3.77. The van der Waals surface area contributed by atoms with E-state index in [-0.39, 0.29) is 0 Å². The Labute approximate surface area is 37.2 Å². The first-order valence-electron chi connectivity index (χ1n) is 2.14. The molecule has 2 nitrogen and oxygen atoms in total. The highest BCUT2D eigenvalue weighted by atomic mass is 15.5. The second kappa shape index (κ2) is 0.965. The molecule has 0 unspecified atom stereocenters. The summed E-state index contributed by atoms with van der Waals surface area (Å²) < 4.78 is 0. The molecule has 0 aromatic rings. The van der Waals surface area contributed by atoms with Crippen molar-refractivity contribution >= 4 is 5.84 Å². The van der Waals surface area contributed by atoms with E-state index < -0.39 is 0 Å². The van der Waals surface area contributed by atoms with E-state index in [1.807, 2.05) is 0 Å². The summed E-state index contributed by atoms with van der Waals surface area (Å²) in [5.74, 6) is 1.74. The number of rotatable bonds is 1. The lowest BCUT2D eigenvalue weighted by Gasteiger charge is -1.84. The molecule has 1 rings (SSSR count). The minimum atomic E-state index is 0.602. The predicted molar refractivity (Wildman–Crippen MR) is 25.4 cm³/mol. The number of nitrogens with one attached hydrogen (secondary N) is 1.